The fourth-order valence-corrected chi connectivity index (χ4v) is 7.99. The van der Waals surface area contributed by atoms with Crippen molar-refractivity contribution in [1.82, 2.24) is 10.6 Å². The topological polar surface area (TPSA) is 85.9 Å². The maximum atomic E-state index is 13.4. The second-order valence-electron chi connectivity index (χ2n) is 13.8. The number of amides is 2. The number of fused-ring (bicyclic) bond motifs is 3. The molecule has 2 N–H and O–H groups in total. The number of rotatable bonds is 8. The Balaban J connectivity index is 1.07. The molecule has 7 nitrogen and oxygen atoms in total. The molecule has 0 spiro atoms. The predicted octanol–water partition coefficient (Wildman–Crippen LogP) is 5.71. The van der Waals surface area contributed by atoms with Crippen molar-refractivity contribution in [3.63, 3.8) is 0 Å². The first kappa shape index (κ1) is 28.3. The van der Waals surface area contributed by atoms with Gasteiger partial charge in [0, 0.05) is 5.92 Å². The summed E-state index contributed by atoms with van der Waals surface area (Å²) in [5, 5.41) is 5.92. The maximum absolute atomic E-state index is 13.4. The molecule has 4 aliphatic carbocycles. The highest BCUT2D eigenvalue weighted by Crippen LogP contribution is 2.65. The lowest BCUT2D eigenvalue weighted by molar-refractivity contribution is -0.199. The average Bonchev–Trinajstić information content (AvgIpc) is 3.46. The smallest absolute Gasteiger partial charge is 0.449 e. The van der Waals surface area contributed by atoms with Gasteiger partial charge >= 0.3 is 13.2 Å². The van der Waals surface area contributed by atoms with E-state index in [4.69, 9.17) is 14.0 Å². The van der Waals surface area contributed by atoms with E-state index in [1.165, 1.54) is 17.5 Å². The summed E-state index contributed by atoms with van der Waals surface area (Å²) in [7, 11) is -0.516. The van der Waals surface area contributed by atoms with Crippen LogP contribution in [-0.4, -0.2) is 49.4 Å². The summed E-state index contributed by atoms with van der Waals surface area (Å²) in [4.78, 5) is 26.5. The van der Waals surface area contributed by atoms with Crippen LogP contribution >= 0.6 is 0 Å². The van der Waals surface area contributed by atoms with Crippen molar-refractivity contribution < 1.29 is 23.6 Å². The summed E-state index contributed by atoms with van der Waals surface area (Å²) >= 11 is 0. The third kappa shape index (κ3) is 4.87. The molecule has 6 atom stereocenters. The second kappa shape index (κ2) is 10.5. The average molecular weight is 559 g/mol. The minimum Gasteiger partial charge on any atom is -0.449 e. The number of carbonyl (C=O) groups is 2. The lowest BCUT2D eigenvalue weighted by atomic mass is 9.43. The zero-order chi connectivity index (χ0) is 29.1. The van der Waals surface area contributed by atoms with Crippen LogP contribution in [0.25, 0.3) is 11.1 Å². The zero-order valence-corrected chi connectivity index (χ0v) is 25.1. The number of hydrogen-bond donors (Lipinski definition) is 2. The van der Waals surface area contributed by atoms with Gasteiger partial charge in [-0.1, -0.05) is 76.2 Å². The molecule has 41 heavy (non-hydrogen) atoms. The lowest BCUT2D eigenvalue weighted by Gasteiger charge is -2.64. The van der Waals surface area contributed by atoms with E-state index >= 15 is 0 Å². The Hall–Kier alpha value is -2.84. The van der Waals surface area contributed by atoms with E-state index in [0.29, 0.717) is 18.3 Å². The van der Waals surface area contributed by atoms with Gasteiger partial charge in [0.05, 0.1) is 17.6 Å². The first-order valence-corrected chi connectivity index (χ1v) is 15.2. The number of carbonyl (C=O) groups excluding carboxylic acids is 2. The van der Waals surface area contributed by atoms with E-state index in [-0.39, 0.29) is 47.4 Å². The van der Waals surface area contributed by atoms with Crippen molar-refractivity contribution in [3.05, 3.63) is 59.7 Å². The van der Waals surface area contributed by atoms with Gasteiger partial charge in [0.2, 0.25) is 5.91 Å². The highest BCUT2D eigenvalue weighted by molar-refractivity contribution is 6.47. The minimum atomic E-state index is -0.723. The van der Waals surface area contributed by atoms with Gasteiger partial charge in [0.15, 0.2) is 0 Å². The molecule has 4 fully saturated rings. The Morgan fingerprint density at radius 2 is 1.61 bits per heavy atom. The van der Waals surface area contributed by atoms with Crippen LogP contribution in [-0.2, 0) is 18.8 Å². The van der Waals surface area contributed by atoms with E-state index in [2.05, 4.69) is 55.7 Å². The first-order valence-electron chi connectivity index (χ1n) is 15.2. The van der Waals surface area contributed by atoms with Gasteiger partial charge in [-0.2, -0.15) is 0 Å². The number of benzene rings is 2. The maximum Gasteiger partial charge on any atom is 0.481 e. The van der Waals surface area contributed by atoms with Crippen LogP contribution in [0, 0.1) is 23.2 Å². The third-order valence-electron chi connectivity index (χ3n) is 10.4. The Kier molecular flexibility index (Phi) is 7.22. The molecule has 1 heterocycles. The summed E-state index contributed by atoms with van der Waals surface area (Å²) in [5.74, 6) is 0.666. The van der Waals surface area contributed by atoms with Crippen molar-refractivity contribution in [3.8, 4) is 11.1 Å². The standard InChI is InChI=1S/C33H43BN2O5/c1-19(2)15-27(30(37)35-20(3)34-40-29-17-21-16-28(32(21,4)5)33(29,6)41-34)36-31(38)39-18-26-24-13-9-7-11-22(24)23-12-8-10-14-25(23)26/h7-14,19-21,26-29H,15-18H2,1-6H3,(H,35,37)(H,36,38)/t20-,21-,27-,28-,29+,33-/m0/s1. The van der Waals surface area contributed by atoms with Crippen molar-refractivity contribution in [2.45, 2.75) is 90.4 Å². The normalized spacial score (nSPS) is 28.7. The van der Waals surface area contributed by atoms with Crippen molar-refractivity contribution in [2.24, 2.45) is 23.2 Å². The minimum absolute atomic E-state index is 0.0387. The molecule has 2 bridgehead atoms. The monoisotopic (exact) mass is 558 g/mol. The highest BCUT2D eigenvalue weighted by atomic mass is 16.7. The zero-order valence-electron chi connectivity index (χ0n) is 25.1. The molecule has 2 amide bonds. The number of ether oxygens (including phenoxy) is 1. The molecule has 0 aromatic heterocycles. The van der Waals surface area contributed by atoms with Crippen molar-refractivity contribution >= 4 is 19.1 Å². The summed E-state index contributed by atoms with van der Waals surface area (Å²) in [6, 6.07) is 15.8. The van der Waals surface area contributed by atoms with Gasteiger partial charge in [0.25, 0.3) is 0 Å². The van der Waals surface area contributed by atoms with E-state index in [0.717, 1.165) is 17.5 Å². The largest absolute Gasteiger partial charge is 0.481 e. The van der Waals surface area contributed by atoms with E-state index in [1.54, 1.807) is 0 Å². The first-order chi connectivity index (χ1) is 19.5. The number of alkyl carbamates (subject to hydrolysis) is 1. The van der Waals surface area contributed by atoms with Crippen molar-refractivity contribution in [2.75, 3.05) is 6.61 Å². The van der Waals surface area contributed by atoms with Crippen molar-refractivity contribution in [1.29, 1.82) is 0 Å². The van der Waals surface area contributed by atoms with Gasteiger partial charge in [-0.15, -0.1) is 0 Å². The van der Waals surface area contributed by atoms with Gasteiger partial charge in [-0.05, 0) is 78.5 Å². The molecular formula is C33H43BN2O5. The van der Waals surface area contributed by atoms with Gasteiger partial charge in [-0.3, -0.25) is 4.79 Å². The molecule has 1 saturated heterocycles. The Bertz CT molecular complexity index is 1280. The van der Waals surface area contributed by atoms with Crippen LogP contribution in [0.5, 0.6) is 0 Å². The van der Waals surface area contributed by atoms with Crippen LogP contribution in [0.4, 0.5) is 4.79 Å². The fraction of sp³-hybridized carbons (Fsp3) is 0.576. The number of nitrogens with one attached hydrogen (secondary N) is 2. The van der Waals surface area contributed by atoms with E-state index in [9.17, 15) is 9.59 Å². The highest BCUT2D eigenvalue weighted by Gasteiger charge is 2.68. The third-order valence-corrected chi connectivity index (χ3v) is 10.4. The lowest BCUT2D eigenvalue weighted by Crippen LogP contribution is -2.65. The molecule has 0 unspecified atom stereocenters. The van der Waals surface area contributed by atoms with Crippen LogP contribution in [0.2, 0.25) is 0 Å². The number of hydrogen-bond acceptors (Lipinski definition) is 5. The SMILES string of the molecule is CC(C)C[C@H](NC(=O)OCC1c2ccccc2-c2ccccc21)C(=O)N[C@@H](C)B1O[C@@H]2C[C@@H]3C[C@@H](C3(C)C)[C@]2(C)O1. The fourth-order valence-electron chi connectivity index (χ4n) is 7.99. The molecular weight excluding hydrogens is 515 g/mol. The second-order valence-corrected chi connectivity index (χ2v) is 13.8. The summed E-state index contributed by atoms with van der Waals surface area (Å²) in [6.45, 7) is 13.0. The molecule has 1 aliphatic heterocycles. The molecule has 2 aromatic rings. The van der Waals surface area contributed by atoms with Crippen LogP contribution in [0.1, 0.15) is 77.8 Å². The van der Waals surface area contributed by atoms with Crippen LogP contribution in [0.15, 0.2) is 48.5 Å². The summed E-state index contributed by atoms with van der Waals surface area (Å²) < 4.78 is 18.7. The predicted molar refractivity (Wildman–Crippen MR) is 159 cm³/mol. The van der Waals surface area contributed by atoms with Crippen LogP contribution < -0.4 is 10.6 Å². The molecule has 3 saturated carbocycles. The quantitative estimate of drug-likeness (QED) is 0.406. The Morgan fingerprint density at radius 3 is 2.22 bits per heavy atom. The van der Waals surface area contributed by atoms with Gasteiger partial charge in [0.1, 0.15) is 12.6 Å². The Morgan fingerprint density at radius 1 is 0.976 bits per heavy atom. The molecule has 8 heteroatoms. The molecule has 2 aromatic carbocycles. The molecule has 218 valence electrons. The van der Waals surface area contributed by atoms with E-state index in [1.807, 2.05) is 45.0 Å². The van der Waals surface area contributed by atoms with Crippen LogP contribution in [0.3, 0.4) is 0 Å². The Labute approximate surface area is 244 Å². The summed E-state index contributed by atoms with van der Waals surface area (Å²) in [5.41, 5.74) is 4.57. The molecule has 5 aliphatic rings. The molecule has 7 rings (SSSR count). The summed E-state index contributed by atoms with van der Waals surface area (Å²) in [6.07, 6.45) is 2.13. The van der Waals surface area contributed by atoms with Gasteiger partial charge < -0.3 is 24.7 Å². The van der Waals surface area contributed by atoms with E-state index < -0.39 is 19.3 Å². The molecule has 0 radical (unpaired) electrons. The van der Waals surface area contributed by atoms with Gasteiger partial charge in [-0.25, -0.2) is 4.79 Å².